The van der Waals surface area contributed by atoms with E-state index in [2.05, 4.69) is 17.2 Å². The van der Waals surface area contributed by atoms with Crippen LogP contribution in [0.15, 0.2) is 54.7 Å². The molecule has 3 aromatic rings. The van der Waals surface area contributed by atoms with Crippen LogP contribution in [0.3, 0.4) is 0 Å². The highest BCUT2D eigenvalue weighted by molar-refractivity contribution is 8.00. The van der Waals surface area contributed by atoms with Gasteiger partial charge < -0.3 is 15.0 Å². The topological polar surface area (TPSA) is 97.6 Å². The molecule has 0 spiro atoms. The van der Waals surface area contributed by atoms with Gasteiger partial charge in [-0.1, -0.05) is 6.07 Å². The van der Waals surface area contributed by atoms with Gasteiger partial charge in [0.2, 0.25) is 5.91 Å². The van der Waals surface area contributed by atoms with E-state index < -0.39 is 4.92 Å². The molecule has 9 heteroatoms. The highest BCUT2D eigenvalue weighted by atomic mass is 32.2. The number of ether oxygens (including phenoxy) is 1. The summed E-state index contributed by atoms with van der Waals surface area (Å²) in [6.07, 6.45) is 3.48. The Morgan fingerprint density at radius 2 is 2.09 bits per heavy atom. The van der Waals surface area contributed by atoms with Gasteiger partial charge in [0.15, 0.2) is 0 Å². The minimum atomic E-state index is -0.413. The number of nitro benzene ring substituents is 1. The van der Waals surface area contributed by atoms with E-state index in [4.69, 9.17) is 4.74 Å². The maximum atomic E-state index is 12.5. The van der Waals surface area contributed by atoms with E-state index in [1.165, 1.54) is 12.1 Å². The second-order valence-corrected chi connectivity index (χ2v) is 9.11. The standard InChI is InChI=1S/C24H26N4O4S/c1-16(26-21-14-20(32-2)13-18-6-3-11-25-23(18)21)5-4-12-27-22(29)15-33-24(27)17-7-9-19(10-8-17)28(30)31/h3,6-11,13-14,16,24,26H,4-5,12,15H2,1-2H3. The molecule has 33 heavy (non-hydrogen) atoms. The number of amides is 1. The highest BCUT2D eigenvalue weighted by Gasteiger charge is 2.32. The summed E-state index contributed by atoms with van der Waals surface area (Å²) >= 11 is 1.56. The lowest BCUT2D eigenvalue weighted by Gasteiger charge is -2.25. The number of fused-ring (bicyclic) bond motifs is 1. The summed E-state index contributed by atoms with van der Waals surface area (Å²) in [5.74, 6) is 1.31. The molecular formula is C24H26N4O4S. The molecule has 0 aliphatic carbocycles. The number of hydrogen-bond donors (Lipinski definition) is 1. The van der Waals surface area contributed by atoms with Gasteiger partial charge >= 0.3 is 0 Å². The number of methoxy groups -OCH3 is 1. The largest absolute Gasteiger partial charge is 0.497 e. The van der Waals surface area contributed by atoms with Crippen LogP contribution in [0.2, 0.25) is 0 Å². The number of anilines is 1. The van der Waals surface area contributed by atoms with Gasteiger partial charge in [0.1, 0.15) is 11.1 Å². The van der Waals surface area contributed by atoms with Gasteiger partial charge in [0.05, 0.1) is 29.0 Å². The number of nitrogens with one attached hydrogen (secondary N) is 1. The molecule has 4 rings (SSSR count). The predicted molar refractivity (Wildman–Crippen MR) is 131 cm³/mol. The first kappa shape index (κ1) is 22.8. The molecule has 172 valence electrons. The Morgan fingerprint density at radius 3 is 2.82 bits per heavy atom. The van der Waals surface area contributed by atoms with E-state index in [9.17, 15) is 14.9 Å². The first-order chi connectivity index (χ1) is 16.0. The molecule has 1 saturated heterocycles. The zero-order valence-electron chi connectivity index (χ0n) is 18.6. The number of aromatic nitrogens is 1. The molecule has 1 amide bonds. The van der Waals surface area contributed by atoms with Gasteiger partial charge in [0.25, 0.3) is 5.69 Å². The molecule has 8 nitrogen and oxygen atoms in total. The molecule has 2 atom stereocenters. The van der Waals surface area contributed by atoms with Crippen LogP contribution in [-0.2, 0) is 4.79 Å². The molecule has 1 aliphatic heterocycles. The van der Waals surface area contributed by atoms with Gasteiger partial charge in [-0.05, 0) is 49.6 Å². The lowest BCUT2D eigenvalue weighted by atomic mass is 10.1. The Bertz CT molecular complexity index is 1150. The number of carbonyl (C=O) groups is 1. The molecular weight excluding hydrogens is 440 g/mol. The number of nitrogens with zero attached hydrogens (tertiary/aromatic N) is 3. The lowest BCUT2D eigenvalue weighted by Crippen LogP contribution is -2.30. The van der Waals surface area contributed by atoms with Crippen LogP contribution in [0.4, 0.5) is 11.4 Å². The summed E-state index contributed by atoms with van der Waals surface area (Å²) in [5.41, 5.74) is 2.79. The molecule has 2 aromatic carbocycles. The maximum Gasteiger partial charge on any atom is 0.269 e. The number of thioether (sulfide) groups is 1. The zero-order chi connectivity index (χ0) is 23.4. The van der Waals surface area contributed by atoms with Crippen LogP contribution in [0.1, 0.15) is 30.7 Å². The van der Waals surface area contributed by atoms with Crippen LogP contribution in [0, 0.1) is 10.1 Å². The molecule has 1 aromatic heterocycles. The summed E-state index contributed by atoms with van der Waals surface area (Å²) in [6, 6.07) is 14.5. The van der Waals surface area contributed by atoms with Crippen molar-refractivity contribution in [3.05, 3.63) is 70.4 Å². The van der Waals surface area contributed by atoms with E-state index in [1.54, 1.807) is 37.2 Å². The minimum Gasteiger partial charge on any atom is -0.497 e. The van der Waals surface area contributed by atoms with E-state index in [0.29, 0.717) is 12.3 Å². The number of non-ortho nitro benzene ring substituents is 1. The third kappa shape index (κ3) is 5.19. The number of hydrogen-bond acceptors (Lipinski definition) is 7. The second-order valence-electron chi connectivity index (χ2n) is 8.04. The normalized spacial score (nSPS) is 16.7. The Hall–Kier alpha value is -3.33. The first-order valence-corrected chi connectivity index (χ1v) is 11.9. The van der Waals surface area contributed by atoms with E-state index in [1.807, 2.05) is 29.2 Å². The summed E-state index contributed by atoms with van der Waals surface area (Å²) in [7, 11) is 1.65. The van der Waals surface area contributed by atoms with E-state index in [-0.39, 0.29) is 23.0 Å². The average Bonchev–Trinajstić information content (AvgIpc) is 3.19. The van der Waals surface area contributed by atoms with Gasteiger partial charge in [-0.15, -0.1) is 11.8 Å². The molecule has 2 unspecified atom stereocenters. The Morgan fingerprint density at radius 1 is 1.30 bits per heavy atom. The van der Waals surface area contributed by atoms with Crippen molar-refractivity contribution in [3.63, 3.8) is 0 Å². The van der Waals surface area contributed by atoms with Crippen LogP contribution in [-0.4, -0.2) is 46.2 Å². The van der Waals surface area contributed by atoms with Crippen LogP contribution in [0.25, 0.3) is 10.9 Å². The Labute approximate surface area is 196 Å². The Kier molecular flexibility index (Phi) is 6.98. The third-order valence-electron chi connectivity index (χ3n) is 5.71. The molecule has 0 saturated carbocycles. The monoisotopic (exact) mass is 466 g/mol. The van der Waals surface area contributed by atoms with Crippen molar-refractivity contribution in [2.45, 2.75) is 31.2 Å². The molecule has 1 fully saturated rings. The fraction of sp³-hybridized carbons (Fsp3) is 0.333. The highest BCUT2D eigenvalue weighted by Crippen LogP contribution is 2.39. The van der Waals surface area contributed by atoms with Crippen LogP contribution < -0.4 is 10.1 Å². The molecule has 1 aliphatic rings. The third-order valence-corrected chi connectivity index (χ3v) is 6.97. The van der Waals surface area contributed by atoms with Gasteiger partial charge in [0, 0.05) is 42.4 Å². The van der Waals surface area contributed by atoms with Crippen molar-refractivity contribution in [1.29, 1.82) is 0 Å². The molecule has 0 bridgehead atoms. The van der Waals surface area contributed by atoms with E-state index >= 15 is 0 Å². The molecule has 0 radical (unpaired) electrons. The van der Waals surface area contributed by atoms with Crippen molar-refractivity contribution in [2.24, 2.45) is 0 Å². The quantitative estimate of drug-likeness (QED) is 0.350. The van der Waals surface area contributed by atoms with Crippen molar-refractivity contribution in [1.82, 2.24) is 9.88 Å². The minimum absolute atomic E-state index is 0.0547. The average molecular weight is 467 g/mol. The van der Waals surface area contributed by atoms with Crippen molar-refractivity contribution in [3.8, 4) is 5.75 Å². The van der Waals surface area contributed by atoms with Gasteiger partial charge in [-0.3, -0.25) is 19.9 Å². The number of rotatable bonds is 9. The summed E-state index contributed by atoms with van der Waals surface area (Å²) in [6.45, 7) is 2.75. The predicted octanol–water partition coefficient (Wildman–Crippen LogP) is 5.01. The van der Waals surface area contributed by atoms with Gasteiger partial charge in [-0.2, -0.15) is 0 Å². The molecule has 1 N–H and O–H groups in total. The van der Waals surface area contributed by atoms with Crippen molar-refractivity contribution < 1.29 is 14.5 Å². The SMILES string of the molecule is COc1cc(NC(C)CCCN2C(=O)CSC2c2ccc([N+](=O)[O-])cc2)c2ncccc2c1. The summed E-state index contributed by atoms with van der Waals surface area (Å²) < 4.78 is 5.43. The first-order valence-electron chi connectivity index (χ1n) is 10.8. The fourth-order valence-corrected chi connectivity index (χ4v) is 5.25. The Balaban J connectivity index is 1.38. The van der Waals surface area contributed by atoms with Crippen molar-refractivity contribution in [2.75, 3.05) is 24.7 Å². The summed E-state index contributed by atoms with van der Waals surface area (Å²) in [4.78, 5) is 29.4. The number of nitro groups is 1. The molecule has 2 heterocycles. The van der Waals surface area contributed by atoms with Crippen molar-refractivity contribution >= 4 is 39.9 Å². The number of benzene rings is 2. The summed E-state index contributed by atoms with van der Waals surface area (Å²) in [5, 5.41) is 15.4. The van der Waals surface area contributed by atoms with E-state index in [0.717, 1.165) is 40.7 Å². The van der Waals surface area contributed by atoms with Crippen LogP contribution in [0.5, 0.6) is 5.75 Å². The number of pyridine rings is 1. The van der Waals surface area contributed by atoms with Crippen LogP contribution >= 0.6 is 11.8 Å². The van der Waals surface area contributed by atoms with Gasteiger partial charge in [-0.25, -0.2) is 0 Å². The fourth-order valence-electron chi connectivity index (χ4n) is 4.03. The maximum absolute atomic E-state index is 12.5. The smallest absolute Gasteiger partial charge is 0.269 e. The number of carbonyl (C=O) groups excluding carboxylic acids is 1. The zero-order valence-corrected chi connectivity index (χ0v) is 19.4. The second kappa shape index (κ2) is 10.1. The lowest BCUT2D eigenvalue weighted by molar-refractivity contribution is -0.384.